The second-order valence-electron chi connectivity index (χ2n) is 5.01. The first kappa shape index (κ1) is 15.3. The zero-order valence-corrected chi connectivity index (χ0v) is 12.4. The van der Waals surface area contributed by atoms with Crippen LogP contribution in [0.5, 0.6) is 0 Å². The topological polar surface area (TPSA) is 63.4 Å². The standard InChI is InChI=1S/C11H24N2O2S2/c1-10(6-12)8-16-9-11-4-3-5-13(7-11)17(2,14)15/h10-11H,3-9,12H2,1-2H3. The molecule has 1 fully saturated rings. The molecule has 0 aromatic rings. The van der Waals surface area contributed by atoms with E-state index in [1.54, 1.807) is 4.31 Å². The molecule has 0 radical (unpaired) electrons. The van der Waals surface area contributed by atoms with Gasteiger partial charge in [-0.25, -0.2) is 12.7 Å². The van der Waals surface area contributed by atoms with Crippen molar-refractivity contribution in [1.29, 1.82) is 0 Å². The number of nitrogens with two attached hydrogens (primary N) is 1. The molecule has 0 amide bonds. The van der Waals surface area contributed by atoms with Crippen LogP contribution < -0.4 is 5.73 Å². The molecule has 102 valence electrons. The van der Waals surface area contributed by atoms with Gasteiger partial charge < -0.3 is 5.73 Å². The Balaban J connectivity index is 2.30. The summed E-state index contributed by atoms with van der Waals surface area (Å²) in [5.74, 6) is 3.19. The lowest BCUT2D eigenvalue weighted by molar-refractivity contribution is 0.286. The lowest BCUT2D eigenvalue weighted by Gasteiger charge is -2.30. The molecule has 0 spiro atoms. The number of hydrogen-bond donors (Lipinski definition) is 1. The smallest absolute Gasteiger partial charge is 0.211 e. The van der Waals surface area contributed by atoms with E-state index in [-0.39, 0.29) is 0 Å². The van der Waals surface area contributed by atoms with Gasteiger partial charge in [-0.3, -0.25) is 0 Å². The van der Waals surface area contributed by atoms with Gasteiger partial charge in [-0.05, 0) is 42.7 Å². The maximum atomic E-state index is 11.5. The molecule has 1 aliphatic heterocycles. The van der Waals surface area contributed by atoms with Gasteiger partial charge >= 0.3 is 0 Å². The van der Waals surface area contributed by atoms with Crippen LogP contribution in [0.1, 0.15) is 19.8 Å². The predicted octanol–water partition coefficient (Wildman–Crippen LogP) is 0.986. The molecule has 0 aliphatic carbocycles. The maximum Gasteiger partial charge on any atom is 0.211 e. The van der Waals surface area contributed by atoms with Crippen LogP contribution in [0.3, 0.4) is 0 Å². The zero-order valence-electron chi connectivity index (χ0n) is 10.8. The van der Waals surface area contributed by atoms with Gasteiger partial charge in [0.1, 0.15) is 0 Å². The van der Waals surface area contributed by atoms with Crippen molar-refractivity contribution in [3.8, 4) is 0 Å². The summed E-state index contributed by atoms with van der Waals surface area (Å²) in [6.45, 7) is 4.27. The van der Waals surface area contributed by atoms with Gasteiger partial charge in [-0.15, -0.1) is 0 Å². The fraction of sp³-hybridized carbons (Fsp3) is 1.00. The Morgan fingerprint density at radius 2 is 2.24 bits per heavy atom. The van der Waals surface area contributed by atoms with Gasteiger partial charge in [0.25, 0.3) is 0 Å². The molecule has 0 saturated carbocycles. The number of sulfonamides is 1. The van der Waals surface area contributed by atoms with E-state index >= 15 is 0 Å². The molecular formula is C11H24N2O2S2. The van der Waals surface area contributed by atoms with E-state index < -0.39 is 10.0 Å². The normalized spacial score (nSPS) is 24.8. The zero-order chi connectivity index (χ0) is 12.9. The van der Waals surface area contributed by atoms with E-state index in [1.165, 1.54) is 6.26 Å². The first-order valence-electron chi connectivity index (χ1n) is 6.16. The maximum absolute atomic E-state index is 11.5. The minimum atomic E-state index is -3.00. The molecule has 0 aromatic carbocycles. The highest BCUT2D eigenvalue weighted by molar-refractivity contribution is 7.99. The van der Waals surface area contributed by atoms with Gasteiger partial charge in [0, 0.05) is 13.1 Å². The molecule has 4 nitrogen and oxygen atoms in total. The molecule has 1 saturated heterocycles. The molecule has 2 unspecified atom stereocenters. The first-order chi connectivity index (χ1) is 7.93. The second kappa shape index (κ2) is 6.97. The van der Waals surface area contributed by atoms with Crippen LogP contribution in [0.15, 0.2) is 0 Å². The Hall–Kier alpha value is 0.220. The highest BCUT2D eigenvalue weighted by atomic mass is 32.2. The fourth-order valence-corrected chi connectivity index (χ4v) is 4.19. The monoisotopic (exact) mass is 280 g/mol. The molecular weight excluding hydrogens is 256 g/mol. The molecule has 1 rings (SSSR count). The number of piperidine rings is 1. The minimum Gasteiger partial charge on any atom is -0.330 e. The number of nitrogens with zero attached hydrogens (tertiary/aromatic N) is 1. The molecule has 6 heteroatoms. The third-order valence-electron chi connectivity index (χ3n) is 3.11. The number of thioether (sulfide) groups is 1. The van der Waals surface area contributed by atoms with Gasteiger partial charge in [0.15, 0.2) is 0 Å². The van der Waals surface area contributed by atoms with Crippen LogP contribution in [0.2, 0.25) is 0 Å². The lowest BCUT2D eigenvalue weighted by Crippen LogP contribution is -2.40. The minimum absolute atomic E-state index is 0.508. The summed E-state index contributed by atoms with van der Waals surface area (Å²) in [5, 5.41) is 0. The third-order valence-corrected chi connectivity index (χ3v) is 5.89. The van der Waals surface area contributed by atoms with Crippen molar-refractivity contribution >= 4 is 21.8 Å². The summed E-state index contributed by atoms with van der Waals surface area (Å²) in [5.41, 5.74) is 5.57. The van der Waals surface area contributed by atoms with E-state index in [0.29, 0.717) is 24.9 Å². The van der Waals surface area contributed by atoms with Gasteiger partial charge in [0.2, 0.25) is 10.0 Å². The highest BCUT2D eigenvalue weighted by Gasteiger charge is 2.25. The summed E-state index contributed by atoms with van der Waals surface area (Å²) < 4.78 is 24.5. The van der Waals surface area contributed by atoms with Crippen molar-refractivity contribution in [1.82, 2.24) is 4.31 Å². The van der Waals surface area contributed by atoms with Crippen molar-refractivity contribution in [2.75, 3.05) is 37.4 Å². The Labute approximate surface area is 109 Å². The molecule has 0 bridgehead atoms. The molecule has 2 atom stereocenters. The van der Waals surface area contributed by atoms with Crippen LogP contribution in [-0.2, 0) is 10.0 Å². The largest absolute Gasteiger partial charge is 0.330 e. The van der Waals surface area contributed by atoms with Crippen molar-refractivity contribution in [3.63, 3.8) is 0 Å². The second-order valence-corrected chi connectivity index (χ2v) is 8.06. The summed E-state index contributed by atoms with van der Waals surface area (Å²) >= 11 is 1.90. The third kappa shape index (κ3) is 5.59. The lowest BCUT2D eigenvalue weighted by atomic mass is 10.0. The predicted molar refractivity (Wildman–Crippen MR) is 74.7 cm³/mol. The van der Waals surface area contributed by atoms with Crippen LogP contribution >= 0.6 is 11.8 Å². The Bertz CT molecular complexity index is 319. The Morgan fingerprint density at radius 3 is 2.82 bits per heavy atom. The van der Waals surface area contributed by atoms with Gasteiger partial charge in [0.05, 0.1) is 6.26 Å². The van der Waals surface area contributed by atoms with E-state index in [0.717, 1.165) is 30.9 Å². The Kier molecular flexibility index (Phi) is 6.26. The van der Waals surface area contributed by atoms with E-state index in [9.17, 15) is 8.42 Å². The molecule has 1 aliphatic rings. The Morgan fingerprint density at radius 1 is 1.53 bits per heavy atom. The summed E-state index contributed by atoms with van der Waals surface area (Å²) in [6.07, 6.45) is 3.44. The summed E-state index contributed by atoms with van der Waals surface area (Å²) in [7, 11) is -3.00. The number of rotatable bonds is 6. The van der Waals surface area contributed by atoms with Gasteiger partial charge in [-0.2, -0.15) is 11.8 Å². The SMILES string of the molecule is CC(CN)CSCC1CCCN(S(C)(=O)=O)C1. The first-order valence-corrected chi connectivity index (χ1v) is 9.16. The fourth-order valence-electron chi connectivity index (χ4n) is 1.97. The molecule has 17 heavy (non-hydrogen) atoms. The summed E-state index contributed by atoms with van der Waals surface area (Å²) in [4.78, 5) is 0. The molecule has 1 heterocycles. The molecule has 2 N–H and O–H groups in total. The van der Waals surface area contributed by atoms with Crippen molar-refractivity contribution < 1.29 is 8.42 Å². The van der Waals surface area contributed by atoms with Crippen molar-refractivity contribution in [2.45, 2.75) is 19.8 Å². The average Bonchev–Trinajstić information content (AvgIpc) is 2.28. The van der Waals surface area contributed by atoms with Crippen LogP contribution in [0, 0.1) is 11.8 Å². The van der Waals surface area contributed by atoms with E-state index in [2.05, 4.69) is 6.92 Å². The van der Waals surface area contributed by atoms with Gasteiger partial charge in [-0.1, -0.05) is 6.92 Å². The van der Waals surface area contributed by atoms with Crippen LogP contribution in [0.25, 0.3) is 0 Å². The average molecular weight is 280 g/mol. The quantitative estimate of drug-likeness (QED) is 0.788. The molecule has 0 aromatic heterocycles. The van der Waals surface area contributed by atoms with Crippen LogP contribution in [-0.4, -0.2) is 50.1 Å². The van der Waals surface area contributed by atoms with E-state index in [1.807, 2.05) is 11.8 Å². The van der Waals surface area contributed by atoms with Crippen molar-refractivity contribution in [2.24, 2.45) is 17.6 Å². The van der Waals surface area contributed by atoms with Crippen molar-refractivity contribution in [3.05, 3.63) is 0 Å². The number of hydrogen-bond acceptors (Lipinski definition) is 4. The highest BCUT2D eigenvalue weighted by Crippen LogP contribution is 2.23. The summed E-state index contributed by atoms with van der Waals surface area (Å²) in [6, 6.07) is 0. The van der Waals surface area contributed by atoms with E-state index in [4.69, 9.17) is 5.73 Å². The van der Waals surface area contributed by atoms with Crippen LogP contribution in [0.4, 0.5) is 0 Å².